The first-order valence-corrected chi connectivity index (χ1v) is 11.5. The molecule has 0 bridgehead atoms. The number of thiazole rings is 1. The Labute approximate surface area is 193 Å². The van der Waals surface area contributed by atoms with Gasteiger partial charge in [0.25, 0.3) is 0 Å². The predicted octanol–water partition coefficient (Wildman–Crippen LogP) is 7.07. The SMILES string of the molecule is Cc1ccc(COc2ccccc2/C=N\Nc2nc(-c3c(C)cc(C)cc3C)cs2)cc1. The summed E-state index contributed by atoms with van der Waals surface area (Å²) in [5.41, 5.74) is 12.3. The van der Waals surface area contributed by atoms with Crippen LogP contribution in [0.5, 0.6) is 5.75 Å². The molecule has 1 N–H and O–H groups in total. The highest BCUT2D eigenvalue weighted by molar-refractivity contribution is 7.14. The lowest BCUT2D eigenvalue weighted by atomic mass is 9.98. The molecule has 4 rings (SSSR count). The number of nitrogens with zero attached hydrogens (tertiary/aromatic N) is 2. The van der Waals surface area contributed by atoms with Crippen LogP contribution in [0.25, 0.3) is 11.3 Å². The molecule has 5 heteroatoms. The van der Waals surface area contributed by atoms with Gasteiger partial charge in [0.1, 0.15) is 12.4 Å². The summed E-state index contributed by atoms with van der Waals surface area (Å²) >= 11 is 1.55. The van der Waals surface area contributed by atoms with Crippen LogP contribution in [0.2, 0.25) is 0 Å². The number of aromatic nitrogens is 1. The number of aryl methyl sites for hydroxylation is 4. The van der Waals surface area contributed by atoms with Crippen molar-refractivity contribution in [2.45, 2.75) is 34.3 Å². The Morgan fingerprint density at radius 2 is 1.66 bits per heavy atom. The van der Waals surface area contributed by atoms with E-state index in [2.05, 4.69) is 80.0 Å². The summed E-state index contributed by atoms with van der Waals surface area (Å²) in [5, 5.41) is 7.23. The first kappa shape index (κ1) is 21.8. The van der Waals surface area contributed by atoms with E-state index in [1.54, 1.807) is 17.6 Å². The Balaban J connectivity index is 1.43. The van der Waals surface area contributed by atoms with Gasteiger partial charge in [0.15, 0.2) is 0 Å². The zero-order valence-corrected chi connectivity index (χ0v) is 19.7. The topological polar surface area (TPSA) is 46.5 Å². The zero-order valence-electron chi connectivity index (χ0n) is 18.8. The smallest absolute Gasteiger partial charge is 0.203 e. The molecular weight excluding hydrogens is 414 g/mol. The van der Waals surface area contributed by atoms with Crippen molar-refractivity contribution in [1.29, 1.82) is 0 Å². The molecule has 0 saturated heterocycles. The van der Waals surface area contributed by atoms with E-state index in [-0.39, 0.29) is 0 Å². The van der Waals surface area contributed by atoms with Crippen molar-refractivity contribution in [3.63, 3.8) is 0 Å². The van der Waals surface area contributed by atoms with Gasteiger partial charge in [-0.25, -0.2) is 4.98 Å². The average molecular weight is 442 g/mol. The second kappa shape index (κ2) is 9.79. The van der Waals surface area contributed by atoms with E-state index in [0.717, 1.165) is 27.7 Å². The van der Waals surface area contributed by atoms with Crippen LogP contribution in [0.4, 0.5) is 5.13 Å². The van der Waals surface area contributed by atoms with E-state index in [9.17, 15) is 0 Å². The van der Waals surface area contributed by atoms with E-state index in [1.165, 1.54) is 27.8 Å². The Bertz CT molecular complexity index is 1220. The van der Waals surface area contributed by atoms with Crippen molar-refractivity contribution in [3.8, 4) is 17.0 Å². The Kier molecular flexibility index (Phi) is 6.66. The fraction of sp³-hybridized carbons (Fsp3) is 0.185. The van der Waals surface area contributed by atoms with Crippen LogP contribution in [0, 0.1) is 27.7 Å². The van der Waals surface area contributed by atoms with Gasteiger partial charge in [-0.3, -0.25) is 5.43 Å². The molecule has 0 atom stereocenters. The number of para-hydroxylation sites is 1. The van der Waals surface area contributed by atoms with E-state index in [0.29, 0.717) is 6.61 Å². The first-order chi connectivity index (χ1) is 15.5. The van der Waals surface area contributed by atoms with Gasteiger partial charge in [-0.15, -0.1) is 11.3 Å². The Morgan fingerprint density at radius 3 is 2.41 bits per heavy atom. The Hall–Kier alpha value is -3.44. The third-order valence-electron chi connectivity index (χ3n) is 5.24. The quantitative estimate of drug-likeness (QED) is 0.246. The maximum Gasteiger partial charge on any atom is 0.203 e. The molecule has 1 heterocycles. The van der Waals surface area contributed by atoms with E-state index >= 15 is 0 Å². The Morgan fingerprint density at radius 1 is 0.938 bits per heavy atom. The summed E-state index contributed by atoms with van der Waals surface area (Å²) in [7, 11) is 0. The highest BCUT2D eigenvalue weighted by atomic mass is 32.1. The van der Waals surface area contributed by atoms with Crippen LogP contribution in [-0.2, 0) is 6.61 Å². The molecule has 0 aliphatic rings. The van der Waals surface area contributed by atoms with Gasteiger partial charge < -0.3 is 4.74 Å². The molecule has 0 aliphatic heterocycles. The number of nitrogens with one attached hydrogen (secondary N) is 1. The van der Waals surface area contributed by atoms with Crippen molar-refractivity contribution in [2.24, 2.45) is 5.10 Å². The summed E-state index contributed by atoms with van der Waals surface area (Å²) in [4.78, 5) is 4.73. The maximum absolute atomic E-state index is 6.03. The van der Waals surface area contributed by atoms with Crippen LogP contribution in [0.15, 0.2) is 71.1 Å². The molecule has 3 aromatic carbocycles. The third-order valence-corrected chi connectivity index (χ3v) is 5.98. The fourth-order valence-corrected chi connectivity index (χ4v) is 4.40. The minimum atomic E-state index is 0.518. The minimum Gasteiger partial charge on any atom is -0.488 e. The van der Waals surface area contributed by atoms with Crippen molar-refractivity contribution in [1.82, 2.24) is 4.98 Å². The highest BCUT2D eigenvalue weighted by Gasteiger charge is 2.10. The van der Waals surface area contributed by atoms with Crippen LogP contribution in [-0.4, -0.2) is 11.2 Å². The molecule has 0 aliphatic carbocycles. The number of hydrogen-bond donors (Lipinski definition) is 1. The summed E-state index contributed by atoms with van der Waals surface area (Å²) in [6.45, 7) is 8.98. The van der Waals surface area contributed by atoms with Gasteiger partial charge >= 0.3 is 0 Å². The van der Waals surface area contributed by atoms with Gasteiger partial charge in [0.05, 0.1) is 11.9 Å². The molecule has 4 aromatic rings. The molecular formula is C27H27N3OS. The molecule has 0 fully saturated rings. The molecule has 0 amide bonds. The number of hydrazone groups is 1. The van der Waals surface area contributed by atoms with Crippen molar-refractivity contribution in [3.05, 3.63) is 99.4 Å². The van der Waals surface area contributed by atoms with Crippen LogP contribution in [0.1, 0.15) is 33.4 Å². The normalized spacial score (nSPS) is 11.1. The van der Waals surface area contributed by atoms with Gasteiger partial charge in [-0.1, -0.05) is 59.7 Å². The van der Waals surface area contributed by atoms with Crippen molar-refractivity contribution >= 4 is 22.7 Å². The van der Waals surface area contributed by atoms with Crippen LogP contribution >= 0.6 is 11.3 Å². The fourth-order valence-electron chi connectivity index (χ4n) is 3.75. The molecule has 0 radical (unpaired) electrons. The monoisotopic (exact) mass is 441 g/mol. The second-order valence-electron chi connectivity index (χ2n) is 7.99. The summed E-state index contributed by atoms with van der Waals surface area (Å²) < 4.78 is 6.03. The molecule has 0 spiro atoms. The summed E-state index contributed by atoms with van der Waals surface area (Å²) in [6.07, 6.45) is 1.77. The lowest BCUT2D eigenvalue weighted by Crippen LogP contribution is -1.99. The lowest BCUT2D eigenvalue weighted by molar-refractivity contribution is 0.306. The minimum absolute atomic E-state index is 0.518. The van der Waals surface area contributed by atoms with Gasteiger partial charge in [-0.05, 0) is 56.5 Å². The second-order valence-corrected chi connectivity index (χ2v) is 8.85. The largest absolute Gasteiger partial charge is 0.488 e. The average Bonchev–Trinajstić information content (AvgIpc) is 3.22. The van der Waals surface area contributed by atoms with Gasteiger partial charge in [-0.2, -0.15) is 5.10 Å². The molecule has 4 nitrogen and oxygen atoms in total. The van der Waals surface area contributed by atoms with Crippen molar-refractivity contribution in [2.75, 3.05) is 5.43 Å². The van der Waals surface area contributed by atoms with Crippen LogP contribution < -0.4 is 10.2 Å². The maximum atomic E-state index is 6.03. The van der Waals surface area contributed by atoms with Gasteiger partial charge in [0, 0.05) is 16.5 Å². The van der Waals surface area contributed by atoms with Crippen molar-refractivity contribution < 1.29 is 4.74 Å². The number of hydrogen-bond acceptors (Lipinski definition) is 5. The number of ether oxygens (including phenoxy) is 1. The summed E-state index contributed by atoms with van der Waals surface area (Å²) in [5.74, 6) is 0.796. The van der Waals surface area contributed by atoms with Crippen LogP contribution in [0.3, 0.4) is 0 Å². The lowest BCUT2D eigenvalue weighted by Gasteiger charge is -2.09. The third kappa shape index (κ3) is 5.24. The van der Waals surface area contributed by atoms with E-state index < -0.39 is 0 Å². The van der Waals surface area contributed by atoms with E-state index in [1.807, 2.05) is 24.3 Å². The molecule has 1 aromatic heterocycles. The standard InChI is InChI=1S/C27H27N3OS/c1-18-9-11-22(12-10-18)16-31-25-8-6-5-7-23(25)15-28-30-27-29-24(17-32-27)26-20(3)13-19(2)14-21(26)4/h5-15,17H,16H2,1-4H3,(H,29,30)/b28-15-. The number of benzene rings is 3. The molecule has 32 heavy (non-hydrogen) atoms. The first-order valence-electron chi connectivity index (χ1n) is 10.6. The predicted molar refractivity (Wildman–Crippen MR) is 135 cm³/mol. The van der Waals surface area contributed by atoms with Gasteiger partial charge in [0.2, 0.25) is 5.13 Å². The zero-order chi connectivity index (χ0) is 22.5. The summed E-state index contributed by atoms with van der Waals surface area (Å²) in [6, 6.07) is 20.6. The molecule has 0 saturated carbocycles. The number of rotatable bonds is 7. The number of anilines is 1. The molecule has 0 unspecified atom stereocenters. The van der Waals surface area contributed by atoms with E-state index in [4.69, 9.17) is 9.72 Å². The molecule has 162 valence electrons. The highest BCUT2D eigenvalue weighted by Crippen LogP contribution is 2.31.